The second-order valence-electron chi connectivity index (χ2n) is 5.08. The van der Waals surface area contributed by atoms with Crippen molar-refractivity contribution >= 4 is 26.5 Å². The van der Waals surface area contributed by atoms with E-state index in [9.17, 15) is 8.42 Å². The summed E-state index contributed by atoms with van der Waals surface area (Å²) in [6, 6.07) is 6.94. The summed E-state index contributed by atoms with van der Waals surface area (Å²) in [7, 11) is -3.40. The van der Waals surface area contributed by atoms with Gasteiger partial charge in [0.15, 0.2) is 5.13 Å². The lowest BCUT2D eigenvalue weighted by molar-refractivity contribution is 0.445. The van der Waals surface area contributed by atoms with Crippen molar-refractivity contribution < 1.29 is 8.42 Å². The lowest BCUT2D eigenvalue weighted by Gasteiger charge is -2.18. The van der Waals surface area contributed by atoms with Gasteiger partial charge in [0, 0.05) is 30.6 Å². The Morgan fingerprint density at radius 2 is 1.78 bits per heavy atom. The quantitative estimate of drug-likeness (QED) is 0.787. The molecule has 0 spiro atoms. The van der Waals surface area contributed by atoms with Crippen molar-refractivity contribution in [3.63, 3.8) is 0 Å². The third-order valence-corrected chi connectivity index (χ3v) is 6.39. The van der Waals surface area contributed by atoms with Crippen LogP contribution in [0.25, 0.3) is 11.3 Å². The molecule has 5 nitrogen and oxygen atoms in total. The minimum Gasteiger partial charge on any atom is -0.362 e. The largest absolute Gasteiger partial charge is 0.362 e. The van der Waals surface area contributed by atoms with Gasteiger partial charge in [-0.2, -0.15) is 4.31 Å². The summed E-state index contributed by atoms with van der Waals surface area (Å²) in [5, 5.41) is 6.12. The van der Waals surface area contributed by atoms with Crippen LogP contribution >= 0.6 is 11.3 Å². The summed E-state index contributed by atoms with van der Waals surface area (Å²) < 4.78 is 26.4. The maximum absolute atomic E-state index is 12.5. The summed E-state index contributed by atoms with van der Waals surface area (Å²) >= 11 is 1.56. The number of sulfonamides is 1. The minimum absolute atomic E-state index is 0.324. The molecule has 0 atom stereocenters. The molecule has 0 unspecified atom stereocenters. The van der Waals surface area contributed by atoms with E-state index in [1.807, 2.05) is 31.4 Å². The second-order valence-corrected chi connectivity index (χ2v) is 7.87. The Hall–Kier alpha value is -1.44. The number of thiazole rings is 1. The maximum atomic E-state index is 12.5. The molecule has 0 bridgehead atoms. The van der Waals surface area contributed by atoms with Gasteiger partial charge >= 0.3 is 0 Å². The molecule has 2 aromatic rings. The SMILES string of the molecule is CCCNc1nc(-c2ccc(S(=O)(=O)N(CC)CC)cc2)cs1. The molecule has 0 aliphatic heterocycles. The van der Waals surface area contributed by atoms with E-state index < -0.39 is 10.0 Å². The molecule has 0 aliphatic carbocycles. The fraction of sp³-hybridized carbons (Fsp3) is 0.438. The van der Waals surface area contributed by atoms with Gasteiger partial charge < -0.3 is 5.32 Å². The van der Waals surface area contributed by atoms with Crippen molar-refractivity contribution in [1.82, 2.24) is 9.29 Å². The number of hydrogen-bond donors (Lipinski definition) is 1. The Labute approximate surface area is 142 Å². The number of anilines is 1. The van der Waals surface area contributed by atoms with E-state index in [0.717, 1.165) is 29.4 Å². The molecular formula is C16H23N3O2S2. The molecule has 1 aromatic heterocycles. The zero-order valence-electron chi connectivity index (χ0n) is 13.7. The number of rotatable bonds is 8. The molecule has 1 heterocycles. The number of nitrogens with one attached hydrogen (secondary N) is 1. The molecule has 1 aromatic carbocycles. The first-order chi connectivity index (χ1) is 11.0. The zero-order chi connectivity index (χ0) is 16.9. The normalized spacial score (nSPS) is 11.8. The fourth-order valence-corrected chi connectivity index (χ4v) is 4.44. The number of aromatic nitrogens is 1. The Morgan fingerprint density at radius 1 is 1.13 bits per heavy atom. The van der Waals surface area contributed by atoms with Gasteiger partial charge in [-0.3, -0.25) is 0 Å². The molecule has 126 valence electrons. The molecule has 23 heavy (non-hydrogen) atoms. The topological polar surface area (TPSA) is 62.3 Å². The summed E-state index contributed by atoms with van der Waals surface area (Å²) in [5.74, 6) is 0. The van der Waals surface area contributed by atoms with Crippen molar-refractivity contribution in [2.45, 2.75) is 32.1 Å². The van der Waals surface area contributed by atoms with Crippen LogP contribution in [0.5, 0.6) is 0 Å². The first kappa shape index (κ1) is 17.9. The van der Waals surface area contributed by atoms with Crippen molar-refractivity contribution in [2.24, 2.45) is 0 Å². The first-order valence-corrected chi connectivity index (χ1v) is 10.1. The van der Waals surface area contributed by atoms with Gasteiger partial charge in [-0.25, -0.2) is 13.4 Å². The number of hydrogen-bond acceptors (Lipinski definition) is 5. The van der Waals surface area contributed by atoms with Crippen molar-refractivity contribution in [3.8, 4) is 11.3 Å². The fourth-order valence-electron chi connectivity index (χ4n) is 2.23. The van der Waals surface area contributed by atoms with Crippen LogP contribution in [0.15, 0.2) is 34.5 Å². The summed E-state index contributed by atoms with van der Waals surface area (Å²) in [6.45, 7) is 7.63. The van der Waals surface area contributed by atoms with Gasteiger partial charge in [0.1, 0.15) is 0 Å². The van der Waals surface area contributed by atoms with Gasteiger partial charge in [0.05, 0.1) is 10.6 Å². The van der Waals surface area contributed by atoms with Gasteiger partial charge in [-0.15, -0.1) is 11.3 Å². The smallest absolute Gasteiger partial charge is 0.243 e. The third kappa shape index (κ3) is 4.10. The lowest BCUT2D eigenvalue weighted by Crippen LogP contribution is -2.30. The Bertz CT molecular complexity index is 720. The van der Waals surface area contributed by atoms with E-state index in [1.165, 1.54) is 4.31 Å². The third-order valence-electron chi connectivity index (χ3n) is 3.52. The highest BCUT2D eigenvalue weighted by atomic mass is 32.2. The molecule has 7 heteroatoms. The zero-order valence-corrected chi connectivity index (χ0v) is 15.4. The standard InChI is InChI=1S/C16H23N3O2S2/c1-4-11-17-16-18-15(12-22-16)13-7-9-14(10-8-13)23(20,21)19(5-2)6-3/h7-10,12H,4-6,11H2,1-3H3,(H,17,18). The first-order valence-electron chi connectivity index (χ1n) is 7.82. The van der Waals surface area contributed by atoms with E-state index in [2.05, 4.69) is 17.2 Å². The number of benzene rings is 1. The molecule has 0 saturated carbocycles. The van der Waals surface area contributed by atoms with Gasteiger partial charge in [0.25, 0.3) is 0 Å². The highest BCUT2D eigenvalue weighted by molar-refractivity contribution is 7.89. The van der Waals surface area contributed by atoms with Crippen LogP contribution in [-0.4, -0.2) is 37.3 Å². The van der Waals surface area contributed by atoms with E-state index in [4.69, 9.17) is 0 Å². The average molecular weight is 354 g/mol. The lowest BCUT2D eigenvalue weighted by atomic mass is 10.2. The van der Waals surface area contributed by atoms with Crippen LogP contribution in [0.3, 0.4) is 0 Å². The monoisotopic (exact) mass is 353 g/mol. The molecule has 0 fully saturated rings. The molecule has 1 N–H and O–H groups in total. The van der Waals surface area contributed by atoms with Gasteiger partial charge in [-0.1, -0.05) is 32.9 Å². The summed E-state index contributed by atoms with van der Waals surface area (Å²) in [5.41, 5.74) is 1.78. The van der Waals surface area contributed by atoms with Gasteiger partial charge in [-0.05, 0) is 18.6 Å². The van der Waals surface area contributed by atoms with Crippen molar-refractivity contribution in [1.29, 1.82) is 0 Å². The Kier molecular flexibility index (Phi) is 6.15. The predicted octanol–water partition coefficient (Wildman–Crippen LogP) is 3.66. The number of nitrogens with zero attached hydrogens (tertiary/aromatic N) is 2. The average Bonchev–Trinajstić information content (AvgIpc) is 3.03. The van der Waals surface area contributed by atoms with Crippen LogP contribution in [0.4, 0.5) is 5.13 Å². The molecule has 0 saturated heterocycles. The van der Waals surface area contributed by atoms with E-state index in [1.54, 1.807) is 23.5 Å². The minimum atomic E-state index is -3.40. The van der Waals surface area contributed by atoms with Crippen molar-refractivity contribution in [2.75, 3.05) is 25.0 Å². The second kappa shape index (κ2) is 7.90. The van der Waals surface area contributed by atoms with Crippen LogP contribution in [0.2, 0.25) is 0 Å². The highest BCUT2D eigenvalue weighted by Crippen LogP contribution is 2.26. The van der Waals surface area contributed by atoms with Crippen LogP contribution < -0.4 is 5.32 Å². The van der Waals surface area contributed by atoms with Crippen LogP contribution in [-0.2, 0) is 10.0 Å². The van der Waals surface area contributed by atoms with E-state index in [0.29, 0.717) is 18.0 Å². The molecular weight excluding hydrogens is 330 g/mol. The molecule has 0 aliphatic rings. The summed E-state index contributed by atoms with van der Waals surface area (Å²) in [4.78, 5) is 4.85. The van der Waals surface area contributed by atoms with E-state index >= 15 is 0 Å². The molecule has 2 rings (SSSR count). The maximum Gasteiger partial charge on any atom is 0.243 e. The van der Waals surface area contributed by atoms with Crippen LogP contribution in [0, 0.1) is 0 Å². The van der Waals surface area contributed by atoms with Crippen molar-refractivity contribution in [3.05, 3.63) is 29.6 Å². The van der Waals surface area contributed by atoms with E-state index in [-0.39, 0.29) is 0 Å². The summed E-state index contributed by atoms with van der Waals surface area (Å²) in [6.07, 6.45) is 1.05. The van der Waals surface area contributed by atoms with Crippen LogP contribution in [0.1, 0.15) is 27.2 Å². The highest BCUT2D eigenvalue weighted by Gasteiger charge is 2.21. The predicted molar refractivity (Wildman–Crippen MR) is 96.4 cm³/mol. The Balaban J connectivity index is 2.21. The molecule has 0 radical (unpaired) electrons. The Morgan fingerprint density at radius 3 is 2.35 bits per heavy atom. The molecule has 0 amide bonds. The van der Waals surface area contributed by atoms with Gasteiger partial charge in [0.2, 0.25) is 10.0 Å².